The van der Waals surface area contributed by atoms with Crippen molar-refractivity contribution in [1.82, 2.24) is 105 Å². The normalized spacial score (nSPS) is 17.2. The largest absolute Gasteiger partial charge is 0.481 e. The lowest BCUT2D eigenvalue weighted by molar-refractivity contribution is -0.147. The van der Waals surface area contributed by atoms with Crippen LogP contribution in [0, 0.1) is 35.5 Å². The third-order valence-corrected chi connectivity index (χ3v) is 22.8. The molecule has 52 nitrogen and oxygen atoms in total. The average molecular weight is 1980 g/mol. The van der Waals surface area contributed by atoms with Gasteiger partial charge in [0, 0.05) is 44.2 Å². The van der Waals surface area contributed by atoms with Crippen LogP contribution in [0.15, 0.2) is 12.5 Å². The van der Waals surface area contributed by atoms with Gasteiger partial charge < -0.3 is 153 Å². The van der Waals surface area contributed by atoms with Gasteiger partial charge in [0.25, 0.3) is 0 Å². The quantitative estimate of drug-likeness (QED) is 0.0269. The number of imidazole rings is 1. The summed E-state index contributed by atoms with van der Waals surface area (Å²) in [6.45, 7) is 16.0. The molecule has 2 saturated heterocycles. The van der Waals surface area contributed by atoms with E-state index in [1.54, 1.807) is 62.3 Å². The predicted octanol–water partition coefficient (Wildman–Crippen LogP) is -9.05. The number of hydrogen-bond acceptors (Lipinski definition) is 29. The summed E-state index contributed by atoms with van der Waals surface area (Å²) in [4.78, 5) is 309. The predicted molar refractivity (Wildman–Crippen MR) is 491 cm³/mol. The summed E-state index contributed by atoms with van der Waals surface area (Å²) < 4.78 is 0. The molecule has 0 unspecified atom stereocenters. The SMILES string of the molecule is CC[C@H](C)[C@H](NC(=O)CNC(=O)[C@H](Cc1cnc[nH]1)NC(=O)[C@H](CO)NC(=O)[C@@H]1CCCN1C(=O)[C@@H](N)CO)C(=O)N[C@@H](CCC(=O)O)C(=O)N[C@@H](CC(C)C)C(=O)N[C@@H](CO)C(=O)N[C@H](C(=O)NCC(=O)N[C@@H](CCC(=O)O)C(=O)N[C@@H](CCCCN)C(=O)N[C@@H](CC(C)C)C(=O)N[C@H](C(=O)N[C@@H](CC(C)C)C(=O)N[C@@H](CC(N)=O)C(=O)N1CCC[C@H]1C(=O)N[C@H](C(=O)O)[C@@H](C)O)C(C)C)C(C)C. The minimum absolute atomic E-state index is 0.0426. The van der Waals surface area contributed by atoms with Crippen LogP contribution in [0.1, 0.15) is 198 Å². The molecule has 0 radical (unpaired) electrons. The van der Waals surface area contributed by atoms with Gasteiger partial charge in [-0.2, -0.15) is 0 Å². The van der Waals surface area contributed by atoms with E-state index in [4.69, 9.17) is 17.2 Å². The van der Waals surface area contributed by atoms with Gasteiger partial charge in [-0.1, -0.05) is 89.5 Å². The van der Waals surface area contributed by atoms with Crippen molar-refractivity contribution >= 4 is 130 Å². The topological polar surface area (TPSA) is 823 Å². The second-order valence-corrected chi connectivity index (χ2v) is 36.6. The van der Waals surface area contributed by atoms with Gasteiger partial charge in [-0.05, 0) is 126 Å². The minimum Gasteiger partial charge on any atom is -0.481 e. The second-order valence-electron chi connectivity index (χ2n) is 36.6. The van der Waals surface area contributed by atoms with Crippen molar-refractivity contribution in [3.63, 3.8) is 0 Å². The second kappa shape index (κ2) is 60.2. The molecule has 2 aliphatic rings. The van der Waals surface area contributed by atoms with E-state index in [1.165, 1.54) is 33.3 Å². The molecule has 0 saturated carbocycles. The monoisotopic (exact) mass is 1980 g/mol. The van der Waals surface area contributed by atoms with Gasteiger partial charge in [-0.25, -0.2) is 9.78 Å². The fraction of sp³-hybridized carbons (Fsp3) is 0.713. The van der Waals surface area contributed by atoms with E-state index in [2.05, 4.69) is 95.0 Å². The molecule has 19 amide bonds. The number of carboxylic acid groups (broad SMARTS) is 3. The maximum absolute atomic E-state index is 14.5. The Morgan fingerprint density at radius 3 is 1.26 bits per heavy atom. The number of aromatic nitrogens is 2. The first-order valence-corrected chi connectivity index (χ1v) is 46.5. The molecule has 0 aromatic carbocycles. The van der Waals surface area contributed by atoms with Crippen LogP contribution in [0.3, 0.4) is 0 Å². The first kappa shape index (κ1) is 120. The van der Waals surface area contributed by atoms with Crippen molar-refractivity contribution in [2.24, 2.45) is 52.7 Å². The van der Waals surface area contributed by atoms with E-state index in [-0.39, 0.29) is 95.7 Å². The summed E-state index contributed by atoms with van der Waals surface area (Å²) in [5, 5.41) is 108. The Hall–Kier alpha value is -12.7. The van der Waals surface area contributed by atoms with Gasteiger partial charge in [-0.15, -0.1) is 0 Å². The number of aliphatic hydroxyl groups excluding tert-OH is 4. The van der Waals surface area contributed by atoms with Crippen molar-refractivity contribution in [2.75, 3.05) is 52.5 Å². The number of hydrogen-bond donors (Lipinski definition) is 27. The van der Waals surface area contributed by atoms with E-state index >= 15 is 0 Å². The van der Waals surface area contributed by atoms with Gasteiger partial charge in [-0.3, -0.25) is 101 Å². The van der Waals surface area contributed by atoms with Crippen molar-refractivity contribution in [1.29, 1.82) is 0 Å². The molecule has 3 rings (SSSR count). The maximum atomic E-state index is 14.5. The number of nitrogens with zero attached hydrogens (tertiary/aromatic N) is 3. The van der Waals surface area contributed by atoms with Gasteiger partial charge >= 0.3 is 17.9 Å². The third kappa shape index (κ3) is 41.1. The molecule has 0 aliphatic carbocycles. The van der Waals surface area contributed by atoms with E-state index in [0.29, 0.717) is 18.5 Å². The number of nitrogens with one attached hydrogen (secondary N) is 17. The van der Waals surface area contributed by atoms with Crippen LogP contribution in [0.2, 0.25) is 0 Å². The number of carboxylic acids is 3. The number of nitrogens with two attached hydrogens (primary N) is 3. The number of amides is 19. The molecule has 3 heterocycles. The van der Waals surface area contributed by atoms with Crippen molar-refractivity contribution in [3.8, 4) is 0 Å². The molecular formula is C87H145N23O29. The van der Waals surface area contributed by atoms with Gasteiger partial charge in [0.2, 0.25) is 112 Å². The summed E-state index contributed by atoms with van der Waals surface area (Å²) in [7, 11) is 0. The smallest absolute Gasteiger partial charge is 0.328 e. The number of aromatic amines is 1. The molecule has 0 spiro atoms. The minimum atomic E-state index is -1.89. The number of carbonyl (C=O) groups excluding carboxylic acids is 19. The molecule has 0 bridgehead atoms. The molecule has 782 valence electrons. The van der Waals surface area contributed by atoms with Crippen LogP contribution in [-0.2, 0) is 112 Å². The molecule has 52 heteroatoms. The Balaban J connectivity index is 1.80. The Kier molecular flexibility index (Phi) is 52.2. The van der Waals surface area contributed by atoms with Gasteiger partial charge in [0.1, 0.15) is 96.7 Å². The van der Waals surface area contributed by atoms with E-state index in [9.17, 15) is 141 Å². The van der Waals surface area contributed by atoms with Crippen molar-refractivity contribution < 1.29 is 141 Å². The zero-order valence-electron chi connectivity index (χ0n) is 80.9. The highest BCUT2D eigenvalue weighted by Crippen LogP contribution is 2.23. The van der Waals surface area contributed by atoms with Crippen LogP contribution in [-0.4, -0.2) is 347 Å². The first-order valence-electron chi connectivity index (χ1n) is 46.5. The first-order chi connectivity index (χ1) is 65.2. The van der Waals surface area contributed by atoms with Gasteiger partial charge in [0.05, 0.1) is 51.8 Å². The maximum Gasteiger partial charge on any atom is 0.328 e. The Labute approximate surface area is 804 Å². The summed E-state index contributed by atoms with van der Waals surface area (Å²) in [5.74, 6) is -26.9. The lowest BCUT2D eigenvalue weighted by atomic mass is 9.97. The van der Waals surface area contributed by atoms with E-state index in [1.807, 2.05) is 0 Å². The lowest BCUT2D eigenvalue weighted by Crippen LogP contribution is -2.61. The van der Waals surface area contributed by atoms with Crippen LogP contribution in [0.25, 0.3) is 0 Å². The zero-order valence-corrected chi connectivity index (χ0v) is 80.9. The summed E-state index contributed by atoms with van der Waals surface area (Å²) in [6.07, 6.45) is -1.77. The van der Waals surface area contributed by atoms with Crippen molar-refractivity contribution in [2.45, 2.75) is 308 Å². The number of H-pyrrole nitrogens is 1. The van der Waals surface area contributed by atoms with E-state index in [0.717, 1.165) is 16.7 Å². The van der Waals surface area contributed by atoms with Gasteiger partial charge in [0.15, 0.2) is 6.04 Å². The van der Waals surface area contributed by atoms with Crippen LogP contribution in [0.4, 0.5) is 0 Å². The Morgan fingerprint density at radius 2 is 0.820 bits per heavy atom. The molecule has 1 aromatic heterocycles. The molecule has 30 N–H and O–H groups in total. The number of primary amides is 1. The average Bonchev–Trinajstić information content (AvgIpc) is 1.14. The molecule has 2 aliphatic heterocycles. The van der Waals surface area contributed by atoms with Crippen LogP contribution in [0.5, 0.6) is 0 Å². The van der Waals surface area contributed by atoms with E-state index < -0.39 is 328 Å². The number of aliphatic hydroxyl groups is 4. The number of likely N-dealkylation sites (tertiary alicyclic amines) is 2. The Bertz CT molecular complexity index is 4370. The van der Waals surface area contributed by atoms with Crippen molar-refractivity contribution in [3.05, 3.63) is 18.2 Å². The zero-order chi connectivity index (χ0) is 105. The number of aliphatic carboxylic acids is 3. The number of carbonyl (C=O) groups is 22. The summed E-state index contributed by atoms with van der Waals surface area (Å²) >= 11 is 0. The highest BCUT2D eigenvalue weighted by Gasteiger charge is 2.45. The molecule has 139 heavy (non-hydrogen) atoms. The fourth-order valence-corrected chi connectivity index (χ4v) is 15.0. The number of unbranched alkanes of at least 4 members (excludes halogenated alkanes) is 1. The summed E-state index contributed by atoms with van der Waals surface area (Å²) in [5.41, 5.74) is 17.3. The Morgan fingerprint density at radius 1 is 0.432 bits per heavy atom. The van der Waals surface area contributed by atoms with Crippen LogP contribution < -0.4 is 102 Å². The lowest BCUT2D eigenvalue weighted by Gasteiger charge is -2.31. The standard InChI is InChI=1S/C87H145N23O29/c1-14-46(12)69(105-64(117)36-92-71(122)56(32-48-34-91-40-94-48)100-78(129)58(38-112)104-80(131)60-20-17-27-109(60)85(136)49(89)37-111)84(135)97-52(23-25-66(120)121)74(125)98-53(29-41(2)3)76(127)103-59(39-113)79(130)106-67(44(8)9)82(133)93-35-63(116)95-51(22-24-65(118)119)73(124)96-50(19-15-16-26-88)72(123)99-55(31-43(6)7)77(128)107-68(45(10)11)83(134)101-54(30-42(4)5)75(126)102-57(33-62(90)115)86(137)110-28-18-21-61(110)81(132)108-70(47(13)114)87(138)139/h34,40-47,49-61,67-70,111-114H,14-33,35-39,88-89H2,1-13H3,(H2,90,115)(H,91,94)(H,92,122)(H,93,133)(H,95,116)(H,96,124)(H,97,135)(H,98,125)(H,99,123)(H,100,129)(H,101,134)(H,102,126)(H,103,127)(H,104,131)(H,105,117)(H,106,130)(H,107,128)(H,108,132)(H,118,119)(H,120,121)(H,138,139)/t46-,47+,49-,50-,51-,52-,53-,54-,55-,56-,57-,58-,59-,60-,61-,67-,68-,69-,70-/m0/s1. The molecular weight excluding hydrogens is 1830 g/mol. The fourth-order valence-electron chi connectivity index (χ4n) is 15.0. The summed E-state index contributed by atoms with van der Waals surface area (Å²) in [6, 6.07) is -26.3. The third-order valence-electron chi connectivity index (χ3n) is 22.8. The molecule has 2 fully saturated rings. The molecule has 19 atom stereocenters. The van der Waals surface area contributed by atoms with Crippen LogP contribution >= 0.6 is 0 Å². The highest BCUT2D eigenvalue weighted by atomic mass is 16.4. The molecule has 1 aromatic rings. The highest BCUT2D eigenvalue weighted by molar-refractivity contribution is 6.02. The number of rotatable bonds is 63.